The highest BCUT2D eigenvalue weighted by Crippen LogP contribution is 2.47. The molecule has 4 fully saturated rings. The summed E-state index contributed by atoms with van der Waals surface area (Å²) in [6.07, 6.45) is 5.06. The van der Waals surface area contributed by atoms with Crippen LogP contribution in [-0.4, -0.2) is 79.8 Å². The van der Waals surface area contributed by atoms with Gasteiger partial charge in [-0.2, -0.15) is 0 Å². The first-order valence-corrected chi connectivity index (χ1v) is 19.8. The topological polar surface area (TPSA) is 169 Å². The zero-order valence-corrected chi connectivity index (χ0v) is 31.6. The summed E-state index contributed by atoms with van der Waals surface area (Å²) in [4.78, 5) is 57.2. The Labute approximate surface area is 311 Å². The summed E-state index contributed by atoms with van der Waals surface area (Å²) in [6.45, 7) is 9.15. The summed E-state index contributed by atoms with van der Waals surface area (Å²) < 4.78 is 45.5. The highest BCUT2D eigenvalue weighted by molar-refractivity contribution is 7.91. The van der Waals surface area contributed by atoms with Gasteiger partial charge in [-0.25, -0.2) is 13.2 Å². The molecule has 286 valence electrons. The molecule has 3 N–H and O–H groups in total. The van der Waals surface area contributed by atoms with E-state index in [9.17, 15) is 27.6 Å². The Balaban J connectivity index is 1.30. The van der Waals surface area contributed by atoms with Crippen LogP contribution >= 0.6 is 0 Å². The van der Waals surface area contributed by atoms with Gasteiger partial charge in [-0.3, -0.25) is 19.1 Å². The van der Waals surface area contributed by atoms with E-state index in [2.05, 4.69) is 21.9 Å². The molecule has 1 saturated heterocycles. The van der Waals surface area contributed by atoms with Gasteiger partial charge in [0, 0.05) is 19.4 Å². The highest BCUT2D eigenvalue weighted by Gasteiger charge is 2.62. The second-order valence-electron chi connectivity index (χ2n) is 15.8. The minimum atomic E-state index is -3.90. The number of para-hydroxylation sites is 1. The van der Waals surface area contributed by atoms with Crippen molar-refractivity contribution in [2.24, 2.45) is 11.3 Å². The third-order valence-corrected chi connectivity index (χ3v) is 12.7. The van der Waals surface area contributed by atoms with Gasteiger partial charge in [0.15, 0.2) is 0 Å². The first-order valence-electron chi connectivity index (χ1n) is 18.3. The van der Waals surface area contributed by atoms with Crippen LogP contribution in [0.2, 0.25) is 0 Å². The number of ether oxygens (including phenoxy) is 3. The van der Waals surface area contributed by atoms with Gasteiger partial charge in [-0.1, -0.05) is 57.2 Å². The summed E-state index contributed by atoms with van der Waals surface area (Å²) in [7, 11) is -2.40. The average molecular weight is 751 g/mol. The fraction of sp³-hybridized carbons (Fsp3) is 0.538. The van der Waals surface area contributed by atoms with Gasteiger partial charge in [-0.15, -0.1) is 6.58 Å². The van der Waals surface area contributed by atoms with Crippen molar-refractivity contribution in [1.82, 2.24) is 20.3 Å². The van der Waals surface area contributed by atoms with Crippen LogP contribution in [-0.2, 0) is 39.5 Å². The van der Waals surface area contributed by atoms with Crippen molar-refractivity contribution in [2.45, 2.75) is 107 Å². The lowest BCUT2D eigenvalue weighted by atomic mass is 9.85. The number of carbonyl (C=O) groups is 4. The number of hydrogen-bond acceptors (Lipinski definition) is 9. The zero-order chi connectivity index (χ0) is 38.2. The molecule has 4 aliphatic rings. The smallest absolute Gasteiger partial charge is 0.408 e. The average Bonchev–Trinajstić information content (AvgIpc) is 4.01. The number of nitrogens with zero attached hydrogens (tertiary/aromatic N) is 1. The lowest BCUT2D eigenvalue weighted by molar-refractivity contribution is -0.143. The Bertz CT molecular complexity index is 1820. The first-order chi connectivity index (χ1) is 25.1. The summed E-state index contributed by atoms with van der Waals surface area (Å²) in [5.41, 5.74) is -2.86. The molecule has 0 unspecified atom stereocenters. The standard InChI is InChI=1S/C39H50N4O9S/c1-6-25-22-39(25,35(46)42-53(48,49)30-20-21-30)41-33(44)31-23-38(50-5,26-16-18-29(19-17-26)51-27-12-8-7-9-13-27)24-43(31)34(45)32(37(2,3)4)40-36(47)52-28-14-10-11-15-28/h6-9,12-13,16-19,25,28,30-32H,1,10-11,14-15,20-24H2,2-5H3,(H,40,47)(H,41,44)(H,42,46)/t25-,31+,32-,38+,39-/m1/s1. The van der Waals surface area contributed by atoms with Crippen LogP contribution in [0.25, 0.3) is 0 Å². The van der Waals surface area contributed by atoms with E-state index >= 15 is 0 Å². The van der Waals surface area contributed by atoms with Crippen molar-refractivity contribution >= 4 is 33.8 Å². The molecule has 4 amide bonds. The van der Waals surface area contributed by atoms with Crippen LogP contribution in [0.4, 0.5) is 4.79 Å². The second-order valence-corrected chi connectivity index (χ2v) is 17.7. The van der Waals surface area contributed by atoms with Crippen LogP contribution in [0.5, 0.6) is 11.5 Å². The van der Waals surface area contributed by atoms with Crippen LogP contribution in [0.15, 0.2) is 67.3 Å². The fourth-order valence-corrected chi connectivity index (χ4v) is 8.77. The van der Waals surface area contributed by atoms with Gasteiger partial charge in [0.05, 0.1) is 11.8 Å². The Hall–Kier alpha value is -4.43. The maximum absolute atomic E-state index is 14.7. The van der Waals surface area contributed by atoms with Crippen molar-refractivity contribution in [3.05, 3.63) is 72.8 Å². The molecule has 2 aromatic rings. The molecule has 5 atom stereocenters. The number of nitrogens with one attached hydrogen (secondary N) is 3. The van der Waals surface area contributed by atoms with Gasteiger partial charge in [0.2, 0.25) is 21.8 Å². The SMILES string of the molecule is C=C[C@@H]1C[C@]1(NC(=O)[C@@H]1C[C@@](OC)(c2ccc(Oc3ccccc3)cc2)CN1C(=O)[C@@H](NC(=O)OC1CCCC1)C(C)(C)C)C(=O)NS(=O)(=O)C1CC1. The lowest BCUT2D eigenvalue weighted by Gasteiger charge is -2.36. The molecule has 3 saturated carbocycles. The Morgan fingerprint density at radius 3 is 2.15 bits per heavy atom. The molecule has 2 aromatic carbocycles. The molecule has 0 spiro atoms. The molecule has 0 aromatic heterocycles. The van der Waals surface area contributed by atoms with Crippen molar-refractivity contribution in [3.63, 3.8) is 0 Å². The van der Waals surface area contributed by atoms with Crippen molar-refractivity contribution in [2.75, 3.05) is 13.7 Å². The van der Waals surface area contributed by atoms with Gasteiger partial charge in [0.25, 0.3) is 5.91 Å². The molecular formula is C39H50N4O9S. The Morgan fingerprint density at radius 1 is 0.943 bits per heavy atom. The molecule has 0 radical (unpaired) electrons. The van der Waals surface area contributed by atoms with E-state index in [-0.39, 0.29) is 25.5 Å². The van der Waals surface area contributed by atoms with Crippen LogP contribution in [0.3, 0.4) is 0 Å². The van der Waals surface area contributed by atoms with Crippen molar-refractivity contribution in [3.8, 4) is 11.5 Å². The minimum absolute atomic E-state index is 0.000172. The third kappa shape index (κ3) is 8.23. The first kappa shape index (κ1) is 38.3. The molecule has 0 bridgehead atoms. The number of methoxy groups -OCH3 is 1. The van der Waals surface area contributed by atoms with E-state index in [0.29, 0.717) is 29.9 Å². The van der Waals surface area contributed by atoms with E-state index in [0.717, 1.165) is 25.7 Å². The molecule has 14 heteroatoms. The number of benzene rings is 2. The number of hydrogen-bond donors (Lipinski definition) is 3. The van der Waals surface area contributed by atoms with Crippen LogP contribution in [0, 0.1) is 11.3 Å². The lowest BCUT2D eigenvalue weighted by Crippen LogP contribution is -2.60. The predicted molar refractivity (Wildman–Crippen MR) is 196 cm³/mol. The molecular weight excluding hydrogens is 701 g/mol. The molecule has 1 heterocycles. The number of rotatable bonds is 13. The van der Waals surface area contributed by atoms with E-state index in [4.69, 9.17) is 14.2 Å². The normalized spacial score (nSPS) is 26.3. The summed E-state index contributed by atoms with van der Waals surface area (Å²) >= 11 is 0. The highest BCUT2D eigenvalue weighted by atomic mass is 32.2. The van der Waals surface area contributed by atoms with E-state index in [1.807, 2.05) is 63.2 Å². The molecule has 6 rings (SSSR count). The molecule has 13 nitrogen and oxygen atoms in total. The zero-order valence-electron chi connectivity index (χ0n) is 30.8. The fourth-order valence-electron chi connectivity index (χ4n) is 7.41. The maximum atomic E-state index is 14.7. The van der Waals surface area contributed by atoms with E-state index in [1.54, 1.807) is 12.1 Å². The van der Waals surface area contributed by atoms with Gasteiger partial charge >= 0.3 is 6.09 Å². The summed E-state index contributed by atoms with van der Waals surface area (Å²) in [5, 5.41) is 4.97. The van der Waals surface area contributed by atoms with Crippen molar-refractivity contribution < 1.29 is 41.8 Å². The van der Waals surface area contributed by atoms with E-state index < -0.39 is 73.6 Å². The Morgan fingerprint density at radius 2 is 1.58 bits per heavy atom. The van der Waals surface area contributed by atoms with Crippen LogP contribution in [0.1, 0.15) is 77.7 Å². The Kier molecular flexibility index (Phi) is 10.7. The minimum Gasteiger partial charge on any atom is -0.457 e. The number of sulfonamides is 1. The second kappa shape index (κ2) is 14.8. The van der Waals surface area contributed by atoms with E-state index in [1.165, 1.54) is 18.1 Å². The molecule has 1 aliphatic heterocycles. The van der Waals surface area contributed by atoms with Gasteiger partial charge < -0.3 is 29.7 Å². The maximum Gasteiger partial charge on any atom is 0.408 e. The van der Waals surface area contributed by atoms with Gasteiger partial charge in [0.1, 0.15) is 40.8 Å². The molecule has 53 heavy (non-hydrogen) atoms. The summed E-state index contributed by atoms with van der Waals surface area (Å²) in [6, 6.07) is 14.2. The number of alkyl carbamates (subject to hydrolysis) is 1. The number of likely N-dealkylation sites (tertiary alicyclic amines) is 1. The third-order valence-electron chi connectivity index (χ3n) is 10.9. The molecule has 3 aliphatic carbocycles. The largest absolute Gasteiger partial charge is 0.457 e. The van der Waals surface area contributed by atoms with Gasteiger partial charge in [-0.05, 0) is 80.2 Å². The van der Waals surface area contributed by atoms with Crippen LogP contribution < -0.4 is 20.1 Å². The number of amides is 4. The quantitative estimate of drug-likeness (QED) is 0.246. The summed E-state index contributed by atoms with van der Waals surface area (Å²) in [5.74, 6) is -1.33. The predicted octanol–water partition coefficient (Wildman–Crippen LogP) is 4.67. The number of carbonyl (C=O) groups excluding carboxylic acids is 4. The monoisotopic (exact) mass is 750 g/mol. The van der Waals surface area contributed by atoms with Crippen molar-refractivity contribution in [1.29, 1.82) is 0 Å².